The Morgan fingerprint density at radius 2 is 1.96 bits per heavy atom. The van der Waals surface area contributed by atoms with E-state index in [0.29, 0.717) is 16.2 Å². The molecule has 0 atom stereocenters. The molecule has 0 spiro atoms. The van der Waals surface area contributed by atoms with Crippen molar-refractivity contribution in [3.63, 3.8) is 0 Å². The van der Waals surface area contributed by atoms with Crippen LogP contribution in [0.1, 0.15) is 32.3 Å². The minimum atomic E-state index is 0.248. The number of halogens is 1. The Kier molecular flexibility index (Phi) is 7.06. The highest BCUT2D eigenvalue weighted by atomic mass is 35.5. The summed E-state index contributed by atoms with van der Waals surface area (Å²) >= 11 is 7.84. The Balaban J connectivity index is 2.64. The lowest BCUT2D eigenvalue weighted by atomic mass is 10.0. The minimum Gasteiger partial charge on any atom is -0.367 e. The lowest BCUT2D eigenvalue weighted by molar-refractivity contribution is -0.107. The quantitative estimate of drug-likeness (QED) is 0.412. The Morgan fingerprint density at radius 1 is 1.25 bits per heavy atom. The van der Waals surface area contributed by atoms with Crippen LogP contribution in [-0.2, 0) is 11.2 Å². The SMILES string of the molecule is CCC(CC)Nc1nc(SC)nc(-c2ccccc2Cl)c1CC=O. The first kappa shape index (κ1) is 18.7. The van der Waals surface area contributed by atoms with Crippen LogP contribution in [0.3, 0.4) is 0 Å². The van der Waals surface area contributed by atoms with Crippen LogP contribution in [-0.4, -0.2) is 28.6 Å². The molecule has 0 unspecified atom stereocenters. The summed E-state index contributed by atoms with van der Waals surface area (Å²) < 4.78 is 0. The maximum Gasteiger partial charge on any atom is 0.189 e. The monoisotopic (exact) mass is 363 g/mol. The van der Waals surface area contributed by atoms with Crippen molar-refractivity contribution in [3.05, 3.63) is 34.9 Å². The maximum atomic E-state index is 11.3. The van der Waals surface area contributed by atoms with Gasteiger partial charge in [0.15, 0.2) is 5.16 Å². The number of carbonyl (C=O) groups excluding carboxylic acids is 1. The number of anilines is 1. The van der Waals surface area contributed by atoms with E-state index in [0.717, 1.165) is 41.8 Å². The number of aromatic nitrogens is 2. The number of thioether (sulfide) groups is 1. The lowest BCUT2D eigenvalue weighted by Crippen LogP contribution is -2.20. The second-order valence-corrected chi connectivity index (χ2v) is 6.58. The highest BCUT2D eigenvalue weighted by Crippen LogP contribution is 2.33. The van der Waals surface area contributed by atoms with E-state index in [-0.39, 0.29) is 6.42 Å². The fourth-order valence-electron chi connectivity index (χ4n) is 2.51. The number of carbonyl (C=O) groups is 1. The summed E-state index contributed by atoms with van der Waals surface area (Å²) in [6, 6.07) is 7.85. The van der Waals surface area contributed by atoms with Gasteiger partial charge in [-0.05, 0) is 25.2 Å². The van der Waals surface area contributed by atoms with Gasteiger partial charge < -0.3 is 10.1 Å². The molecule has 1 aromatic heterocycles. The molecule has 1 heterocycles. The van der Waals surface area contributed by atoms with E-state index < -0.39 is 0 Å². The van der Waals surface area contributed by atoms with E-state index in [1.165, 1.54) is 11.8 Å². The molecule has 2 aromatic rings. The number of aldehydes is 1. The third kappa shape index (κ3) is 4.28. The smallest absolute Gasteiger partial charge is 0.189 e. The van der Waals surface area contributed by atoms with Gasteiger partial charge in [0.2, 0.25) is 0 Å². The van der Waals surface area contributed by atoms with Crippen molar-refractivity contribution in [2.75, 3.05) is 11.6 Å². The van der Waals surface area contributed by atoms with Crippen molar-refractivity contribution >= 4 is 35.5 Å². The van der Waals surface area contributed by atoms with Crippen LogP contribution in [0.4, 0.5) is 5.82 Å². The third-order valence-electron chi connectivity index (χ3n) is 3.91. The van der Waals surface area contributed by atoms with E-state index in [1.807, 2.05) is 30.5 Å². The molecule has 0 fully saturated rings. The highest BCUT2D eigenvalue weighted by molar-refractivity contribution is 7.98. The molecule has 6 heteroatoms. The Hall–Kier alpha value is -1.59. The second kappa shape index (κ2) is 9.04. The lowest BCUT2D eigenvalue weighted by Gasteiger charge is -2.20. The van der Waals surface area contributed by atoms with Crippen molar-refractivity contribution < 1.29 is 4.79 Å². The zero-order valence-electron chi connectivity index (χ0n) is 14.2. The molecule has 4 nitrogen and oxygen atoms in total. The normalized spacial score (nSPS) is 10.9. The van der Waals surface area contributed by atoms with Crippen molar-refractivity contribution in [3.8, 4) is 11.3 Å². The molecule has 128 valence electrons. The number of nitrogens with one attached hydrogen (secondary N) is 1. The first-order valence-corrected chi connectivity index (χ1v) is 9.64. The number of rotatable bonds is 8. The second-order valence-electron chi connectivity index (χ2n) is 5.39. The summed E-state index contributed by atoms with van der Waals surface area (Å²) in [5.41, 5.74) is 2.34. The summed E-state index contributed by atoms with van der Waals surface area (Å²) in [7, 11) is 0. The van der Waals surface area contributed by atoms with Crippen molar-refractivity contribution in [1.29, 1.82) is 0 Å². The Bertz CT molecular complexity index is 705. The summed E-state index contributed by atoms with van der Waals surface area (Å²) in [5, 5.41) is 4.74. The van der Waals surface area contributed by atoms with Gasteiger partial charge in [-0.25, -0.2) is 9.97 Å². The summed E-state index contributed by atoms with van der Waals surface area (Å²) in [6.07, 6.45) is 5.04. The number of hydrogen-bond acceptors (Lipinski definition) is 5. The standard InChI is InChI=1S/C18H22ClN3OS/c1-4-12(5-2)20-17-14(10-11-23)16(21-18(22-17)24-3)13-8-6-7-9-15(13)19/h6-9,11-12H,4-5,10H2,1-3H3,(H,20,21,22). The number of benzene rings is 1. The van der Waals surface area contributed by atoms with Gasteiger partial charge in [0.1, 0.15) is 12.1 Å². The zero-order valence-corrected chi connectivity index (χ0v) is 15.7. The van der Waals surface area contributed by atoms with Crippen LogP contribution in [0.15, 0.2) is 29.4 Å². The van der Waals surface area contributed by atoms with Gasteiger partial charge in [0.05, 0.1) is 5.69 Å². The predicted octanol–water partition coefficient (Wildman–Crippen LogP) is 4.86. The molecule has 1 aromatic carbocycles. The molecular weight excluding hydrogens is 342 g/mol. The van der Waals surface area contributed by atoms with E-state index in [1.54, 1.807) is 0 Å². The first-order valence-electron chi connectivity index (χ1n) is 8.04. The Labute approximate surface area is 152 Å². The van der Waals surface area contributed by atoms with E-state index >= 15 is 0 Å². The first-order chi connectivity index (χ1) is 11.6. The van der Waals surface area contributed by atoms with Crippen LogP contribution in [0.5, 0.6) is 0 Å². The topological polar surface area (TPSA) is 54.9 Å². The number of nitrogens with zero attached hydrogens (tertiary/aromatic N) is 2. The molecule has 0 radical (unpaired) electrons. The minimum absolute atomic E-state index is 0.248. The van der Waals surface area contributed by atoms with Crippen molar-refractivity contribution in [2.45, 2.75) is 44.3 Å². The maximum absolute atomic E-state index is 11.3. The van der Waals surface area contributed by atoms with Crippen molar-refractivity contribution in [1.82, 2.24) is 9.97 Å². The third-order valence-corrected chi connectivity index (χ3v) is 4.79. The van der Waals surface area contributed by atoms with E-state index in [9.17, 15) is 4.79 Å². The average molecular weight is 364 g/mol. The van der Waals surface area contributed by atoms with Gasteiger partial charge in [-0.15, -0.1) is 0 Å². The molecule has 0 bridgehead atoms. The Morgan fingerprint density at radius 3 is 2.54 bits per heavy atom. The fraction of sp³-hybridized carbons (Fsp3) is 0.389. The molecule has 2 rings (SSSR count). The molecular formula is C18H22ClN3OS. The van der Waals surface area contributed by atoms with Gasteiger partial charge >= 0.3 is 0 Å². The van der Waals surface area contributed by atoms with E-state index in [2.05, 4.69) is 29.1 Å². The fourth-order valence-corrected chi connectivity index (χ4v) is 3.10. The van der Waals surface area contributed by atoms with Crippen LogP contribution in [0, 0.1) is 0 Å². The van der Waals surface area contributed by atoms with Gasteiger partial charge in [-0.1, -0.05) is 55.4 Å². The summed E-state index contributed by atoms with van der Waals surface area (Å²) in [5.74, 6) is 0.727. The molecule has 0 saturated carbocycles. The number of hydrogen-bond donors (Lipinski definition) is 1. The average Bonchev–Trinajstić information content (AvgIpc) is 2.61. The predicted molar refractivity (Wildman–Crippen MR) is 102 cm³/mol. The van der Waals surface area contributed by atoms with Gasteiger partial charge in [0.25, 0.3) is 0 Å². The van der Waals surface area contributed by atoms with Crippen LogP contribution in [0.25, 0.3) is 11.3 Å². The highest BCUT2D eigenvalue weighted by Gasteiger charge is 2.19. The molecule has 0 aliphatic rings. The van der Waals surface area contributed by atoms with Crippen molar-refractivity contribution in [2.24, 2.45) is 0 Å². The molecule has 24 heavy (non-hydrogen) atoms. The van der Waals surface area contributed by atoms with Crippen LogP contribution >= 0.6 is 23.4 Å². The van der Waals surface area contributed by atoms with Crippen LogP contribution < -0.4 is 5.32 Å². The largest absolute Gasteiger partial charge is 0.367 e. The van der Waals surface area contributed by atoms with E-state index in [4.69, 9.17) is 11.6 Å². The molecule has 0 amide bonds. The van der Waals surface area contributed by atoms with Gasteiger partial charge in [-0.3, -0.25) is 0 Å². The van der Waals surface area contributed by atoms with Gasteiger partial charge in [-0.2, -0.15) is 0 Å². The van der Waals surface area contributed by atoms with Gasteiger partial charge in [0, 0.05) is 28.6 Å². The molecule has 0 saturated heterocycles. The zero-order chi connectivity index (χ0) is 17.5. The summed E-state index contributed by atoms with van der Waals surface area (Å²) in [6.45, 7) is 4.26. The van der Waals surface area contributed by atoms with Crippen LogP contribution in [0.2, 0.25) is 5.02 Å². The molecule has 1 N–H and O–H groups in total. The summed E-state index contributed by atoms with van der Waals surface area (Å²) in [4.78, 5) is 20.5. The molecule has 0 aliphatic heterocycles. The molecule has 0 aliphatic carbocycles.